The van der Waals surface area contributed by atoms with Crippen LogP contribution in [0.3, 0.4) is 0 Å². The van der Waals surface area contributed by atoms with Crippen molar-refractivity contribution in [2.45, 2.75) is 12.7 Å². The Hall–Kier alpha value is -3.46. The highest BCUT2D eigenvalue weighted by molar-refractivity contribution is 6.30. The van der Waals surface area contributed by atoms with E-state index in [1.165, 1.54) is 26.4 Å². The number of rotatable bonds is 9. The van der Waals surface area contributed by atoms with Crippen LogP contribution in [0.4, 0.5) is 4.39 Å². The predicted octanol–water partition coefficient (Wildman–Crippen LogP) is 4.99. The fraction of sp³-hybridized carbons (Fsp3) is 0.310. The molecule has 0 aliphatic carbocycles. The Morgan fingerprint density at radius 1 is 0.921 bits per heavy atom. The number of ether oxygens (including phenoxy) is 3. The highest BCUT2D eigenvalue weighted by Gasteiger charge is 2.25. The Kier molecular flexibility index (Phi) is 9.33. The van der Waals surface area contributed by atoms with Crippen LogP contribution in [0, 0.1) is 5.82 Å². The van der Waals surface area contributed by atoms with Crippen LogP contribution in [0.2, 0.25) is 5.02 Å². The lowest BCUT2D eigenvalue weighted by Gasteiger charge is -2.36. The summed E-state index contributed by atoms with van der Waals surface area (Å²) in [5.74, 6) is -1.03. The molecular formula is C29H30ClFN2O5. The number of methoxy groups -OCH3 is 2. The van der Waals surface area contributed by atoms with Crippen LogP contribution in [0.25, 0.3) is 0 Å². The van der Waals surface area contributed by atoms with Gasteiger partial charge in [0, 0.05) is 43.3 Å². The van der Waals surface area contributed by atoms with Crippen molar-refractivity contribution in [3.05, 3.63) is 99.8 Å². The molecule has 0 aromatic heterocycles. The molecule has 3 aromatic rings. The van der Waals surface area contributed by atoms with E-state index in [1.54, 1.807) is 23.1 Å². The van der Waals surface area contributed by atoms with Gasteiger partial charge in [-0.05, 0) is 53.6 Å². The van der Waals surface area contributed by atoms with E-state index in [-0.39, 0.29) is 23.7 Å². The second-order valence-electron chi connectivity index (χ2n) is 8.98. The van der Waals surface area contributed by atoms with E-state index in [9.17, 15) is 14.0 Å². The molecule has 1 amide bonds. The molecule has 7 nitrogen and oxygen atoms in total. The van der Waals surface area contributed by atoms with E-state index < -0.39 is 5.82 Å². The molecular weight excluding hydrogens is 511 g/mol. The van der Waals surface area contributed by atoms with Gasteiger partial charge in [-0.25, -0.2) is 9.18 Å². The summed E-state index contributed by atoms with van der Waals surface area (Å²) in [6.45, 7) is 3.35. The predicted molar refractivity (Wildman–Crippen MR) is 142 cm³/mol. The lowest BCUT2D eigenvalue weighted by molar-refractivity contribution is 0.00340. The van der Waals surface area contributed by atoms with Crippen LogP contribution in [0.1, 0.15) is 37.9 Å². The second kappa shape index (κ2) is 12.9. The largest absolute Gasteiger partial charge is 0.494 e. The summed E-state index contributed by atoms with van der Waals surface area (Å²) >= 11 is 6.10. The quantitative estimate of drug-likeness (QED) is 0.356. The van der Waals surface area contributed by atoms with E-state index in [2.05, 4.69) is 4.90 Å². The molecule has 1 aliphatic rings. The van der Waals surface area contributed by atoms with E-state index in [4.69, 9.17) is 25.8 Å². The van der Waals surface area contributed by atoms with E-state index >= 15 is 0 Å². The molecule has 0 unspecified atom stereocenters. The zero-order chi connectivity index (χ0) is 27.1. The van der Waals surface area contributed by atoms with Crippen LogP contribution in [0.5, 0.6) is 5.75 Å². The minimum atomic E-state index is -0.556. The Bertz CT molecular complexity index is 1240. The molecule has 1 atom stereocenters. The molecule has 1 heterocycles. The number of esters is 1. The van der Waals surface area contributed by atoms with Crippen molar-refractivity contribution in [3.63, 3.8) is 0 Å². The smallest absolute Gasteiger partial charge is 0.337 e. The summed E-state index contributed by atoms with van der Waals surface area (Å²) in [5, 5.41) is 0.646. The molecule has 4 rings (SSSR count). The monoisotopic (exact) mass is 540 g/mol. The van der Waals surface area contributed by atoms with Gasteiger partial charge in [0.05, 0.1) is 32.5 Å². The highest BCUT2D eigenvalue weighted by Crippen LogP contribution is 2.24. The Morgan fingerprint density at radius 2 is 1.58 bits per heavy atom. The minimum absolute atomic E-state index is 0.110. The van der Waals surface area contributed by atoms with Gasteiger partial charge in [0.15, 0.2) is 11.6 Å². The molecule has 1 saturated heterocycles. The first-order chi connectivity index (χ1) is 18.4. The van der Waals surface area contributed by atoms with Gasteiger partial charge in [0.1, 0.15) is 0 Å². The lowest BCUT2D eigenvalue weighted by Crippen LogP contribution is -2.49. The molecule has 1 aliphatic heterocycles. The third kappa shape index (κ3) is 6.89. The maximum Gasteiger partial charge on any atom is 0.337 e. The highest BCUT2D eigenvalue weighted by atomic mass is 35.5. The molecule has 0 radical (unpaired) electrons. The number of amides is 1. The minimum Gasteiger partial charge on any atom is -0.494 e. The molecule has 0 saturated carbocycles. The number of hydrogen-bond donors (Lipinski definition) is 0. The average Bonchev–Trinajstić information content (AvgIpc) is 2.95. The van der Waals surface area contributed by atoms with Crippen molar-refractivity contribution in [2.75, 3.05) is 46.9 Å². The number of halogens is 2. The Labute approximate surface area is 226 Å². The molecule has 0 N–H and O–H groups in total. The van der Waals surface area contributed by atoms with Gasteiger partial charge < -0.3 is 19.1 Å². The third-order valence-electron chi connectivity index (χ3n) is 6.55. The van der Waals surface area contributed by atoms with Gasteiger partial charge in [0.25, 0.3) is 5.91 Å². The molecule has 200 valence electrons. The number of nitrogens with zero attached hydrogens (tertiary/aromatic N) is 2. The number of benzene rings is 3. The number of hydrogen-bond acceptors (Lipinski definition) is 6. The lowest BCUT2D eigenvalue weighted by atomic mass is 10.1. The summed E-state index contributed by atoms with van der Waals surface area (Å²) in [4.78, 5) is 28.6. The van der Waals surface area contributed by atoms with Crippen LogP contribution in [-0.4, -0.2) is 68.6 Å². The van der Waals surface area contributed by atoms with Crippen LogP contribution >= 0.6 is 11.6 Å². The standard InChI is InChI=1S/C29H30ClFN2O5/c1-36-26-12-9-23(17-25(26)31)28(34)33-15-13-32(14-16-33)18-27(21-7-10-24(30)11-8-21)38-19-20-3-5-22(6-4-20)29(35)37-2/h3-12,17,27H,13-16,18-19H2,1-2H3/t27-/m0/s1. The third-order valence-corrected chi connectivity index (χ3v) is 6.80. The van der Waals surface area contributed by atoms with Crippen LogP contribution < -0.4 is 4.74 Å². The summed E-state index contributed by atoms with van der Waals surface area (Å²) in [6.07, 6.45) is -0.231. The van der Waals surface area contributed by atoms with Gasteiger partial charge in [-0.3, -0.25) is 9.69 Å². The van der Waals surface area contributed by atoms with Gasteiger partial charge in [-0.2, -0.15) is 0 Å². The summed E-state index contributed by atoms with van der Waals surface area (Å²) in [5.41, 5.74) is 2.71. The molecule has 3 aromatic carbocycles. The van der Waals surface area contributed by atoms with E-state index in [1.807, 2.05) is 36.4 Å². The second-order valence-corrected chi connectivity index (χ2v) is 9.42. The Balaban J connectivity index is 1.38. The molecule has 9 heteroatoms. The Morgan fingerprint density at radius 3 is 2.18 bits per heavy atom. The normalized spacial score (nSPS) is 14.7. The summed E-state index contributed by atoms with van der Waals surface area (Å²) in [7, 11) is 2.74. The van der Waals surface area contributed by atoms with Crippen molar-refractivity contribution in [1.82, 2.24) is 9.80 Å². The van der Waals surface area contributed by atoms with Crippen molar-refractivity contribution in [1.29, 1.82) is 0 Å². The summed E-state index contributed by atoms with van der Waals surface area (Å²) < 4.78 is 30.1. The zero-order valence-corrected chi connectivity index (χ0v) is 22.1. The number of carbonyl (C=O) groups is 2. The first kappa shape index (κ1) is 27.6. The fourth-order valence-electron chi connectivity index (χ4n) is 4.33. The van der Waals surface area contributed by atoms with Crippen molar-refractivity contribution < 1.29 is 28.2 Å². The van der Waals surface area contributed by atoms with Crippen molar-refractivity contribution in [3.8, 4) is 5.75 Å². The SMILES string of the molecule is COC(=O)c1ccc(CO[C@@H](CN2CCN(C(=O)c3ccc(OC)c(F)c3)CC2)c2ccc(Cl)cc2)cc1. The van der Waals surface area contributed by atoms with Gasteiger partial charge >= 0.3 is 5.97 Å². The van der Waals surface area contributed by atoms with Crippen molar-refractivity contribution >= 4 is 23.5 Å². The first-order valence-electron chi connectivity index (χ1n) is 12.3. The van der Waals surface area contributed by atoms with Gasteiger partial charge in [0.2, 0.25) is 0 Å². The maximum absolute atomic E-state index is 14.1. The first-order valence-corrected chi connectivity index (χ1v) is 12.6. The maximum atomic E-state index is 14.1. The van der Waals surface area contributed by atoms with Crippen molar-refractivity contribution in [2.24, 2.45) is 0 Å². The number of carbonyl (C=O) groups excluding carboxylic acids is 2. The molecule has 38 heavy (non-hydrogen) atoms. The molecule has 1 fully saturated rings. The summed E-state index contributed by atoms with van der Waals surface area (Å²) in [6, 6.07) is 19.0. The molecule has 0 spiro atoms. The molecule has 0 bridgehead atoms. The number of piperazine rings is 1. The average molecular weight is 541 g/mol. The zero-order valence-electron chi connectivity index (χ0n) is 21.4. The van der Waals surface area contributed by atoms with Gasteiger partial charge in [-0.1, -0.05) is 35.9 Å². The topological polar surface area (TPSA) is 68.3 Å². The fourth-order valence-corrected chi connectivity index (χ4v) is 4.46. The van der Waals surface area contributed by atoms with E-state index in [0.717, 1.165) is 11.1 Å². The van der Waals surface area contributed by atoms with Crippen LogP contribution in [-0.2, 0) is 16.1 Å². The van der Waals surface area contributed by atoms with Gasteiger partial charge in [-0.15, -0.1) is 0 Å². The van der Waals surface area contributed by atoms with Crippen LogP contribution in [0.15, 0.2) is 66.7 Å². The van der Waals surface area contributed by atoms with E-state index in [0.29, 0.717) is 55.5 Å².